The molecular formula is C18H21N5OS2. The molecule has 3 N–H and O–H groups in total. The van der Waals surface area contributed by atoms with E-state index in [0.717, 1.165) is 6.42 Å². The highest BCUT2D eigenvalue weighted by Crippen LogP contribution is 2.19. The fraction of sp³-hybridized carbons (Fsp3) is 0.278. The van der Waals surface area contributed by atoms with Gasteiger partial charge in [-0.2, -0.15) is 4.98 Å². The average Bonchev–Trinajstić information content (AvgIpc) is 3.25. The van der Waals surface area contributed by atoms with E-state index in [2.05, 4.69) is 46.4 Å². The van der Waals surface area contributed by atoms with Crippen LogP contribution >= 0.6 is 23.1 Å². The lowest BCUT2D eigenvalue weighted by Crippen LogP contribution is -2.33. The lowest BCUT2D eigenvalue weighted by atomic mass is 10.1. The number of nitrogens with zero attached hydrogens (tertiary/aromatic N) is 3. The predicted octanol–water partition coefficient (Wildman–Crippen LogP) is 3.12. The van der Waals surface area contributed by atoms with Gasteiger partial charge >= 0.3 is 0 Å². The Morgan fingerprint density at radius 3 is 2.73 bits per heavy atom. The van der Waals surface area contributed by atoms with E-state index in [1.165, 1.54) is 27.1 Å². The molecule has 2 aromatic heterocycles. The number of carbonyl (C=O) groups excluding carboxylic acids is 1. The van der Waals surface area contributed by atoms with Crippen molar-refractivity contribution in [3.63, 3.8) is 0 Å². The van der Waals surface area contributed by atoms with Crippen molar-refractivity contribution >= 4 is 35.0 Å². The molecule has 136 valence electrons. The Balaban J connectivity index is 1.63. The highest BCUT2D eigenvalue weighted by molar-refractivity contribution is 7.99. The molecule has 0 saturated carbocycles. The number of nitrogens with one attached hydrogen (secondary N) is 1. The molecule has 1 aromatic carbocycles. The first-order valence-corrected chi connectivity index (χ1v) is 10.1. The van der Waals surface area contributed by atoms with Crippen molar-refractivity contribution in [1.82, 2.24) is 20.1 Å². The van der Waals surface area contributed by atoms with E-state index in [-0.39, 0.29) is 17.6 Å². The van der Waals surface area contributed by atoms with Crippen molar-refractivity contribution in [2.24, 2.45) is 0 Å². The van der Waals surface area contributed by atoms with Crippen LogP contribution in [0.5, 0.6) is 0 Å². The van der Waals surface area contributed by atoms with Crippen LogP contribution in [0.25, 0.3) is 0 Å². The van der Waals surface area contributed by atoms with Crippen LogP contribution in [-0.4, -0.2) is 38.3 Å². The van der Waals surface area contributed by atoms with Crippen molar-refractivity contribution in [1.29, 1.82) is 0 Å². The molecule has 0 bridgehead atoms. The van der Waals surface area contributed by atoms with Crippen LogP contribution in [0.4, 0.5) is 5.95 Å². The Kier molecular flexibility index (Phi) is 6.30. The van der Waals surface area contributed by atoms with Crippen LogP contribution in [-0.2, 0) is 17.8 Å². The quantitative estimate of drug-likeness (QED) is 0.580. The van der Waals surface area contributed by atoms with Gasteiger partial charge in [-0.3, -0.25) is 4.79 Å². The largest absolute Gasteiger partial charge is 0.368 e. The van der Waals surface area contributed by atoms with Crippen LogP contribution < -0.4 is 5.73 Å². The second kappa shape index (κ2) is 8.86. The fourth-order valence-corrected chi connectivity index (χ4v) is 4.11. The average molecular weight is 388 g/mol. The molecule has 0 fully saturated rings. The van der Waals surface area contributed by atoms with Gasteiger partial charge in [0.15, 0.2) is 0 Å². The zero-order valence-electron chi connectivity index (χ0n) is 14.5. The predicted molar refractivity (Wildman–Crippen MR) is 106 cm³/mol. The third-order valence-corrected chi connectivity index (χ3v) is 5.63. The van der Waals surface area contributed by atoms with E-state index in [1.807, 2.05) is 23.1 Å². The van der Waals surface area contributed by atoms with Crippen LogP contribution in [0.1, 0.15) is 15.3 Å². The Morgan fingerprint density at radius 1 is 1.27 bits per heavy atom. The minimum atomic E-state index is 0.0698. The number of aromatic nitrogens is 3. The minimum absolute atomic E-state index is 0.0698. The summed E-state index contributed by atoms with van der Waals surface area (Å²) < 4.78 is 0. The zero-order valence-corrected chi connectivity index (χ0v) is 16.1. The van der Waals surface area contributed by atoms with Crippen LogP contribution in [0, 0.1) is 6.92 Å². The zero-order chi connectivity index (χ0) is 18.4. The maximum absolute atomic E-state index is 12.8. The maximum Gasteiger partial charge on any atom is 0.233 e. The van der Waals surface area contributed by atoms with Crippen molar-refractivity contribution in [3.8, 4) is 0 Å². The molecule has 0 aliphatic carbocycles. The first-order chi connectivity index (χ1) is 12.6. The highest BCUT2D eigenvalue weighted by atomic mass is 32.2. The molecule has 0 saturated heterocycles. The van der Waals surface area contributed by atoms with Crippen LogP contribution in [0.2, 0.25) is 0 Å². The number of hydrogen-bond acceptors (Lipinski definition) is 6. The lowest BCUT2D eigenvalue weighted by molar-refractivity contribution is -0.128. The molecule has 0 spiro atoms. The van der Waals surface area contributed by atoms with Gasteiger partial charge in [-0.05, 0) is 31.0 Å². The molecule has 0 aliphatic heterocycles. The molecule has 6 nitrogen and oxygen atoms in total. The summed E-state index contributed by atoms with van der Waals surface area (Å²) in [6, 6.07) is 14.4. The second-order valence-electron chi connectivity index (χ2n) is 5.86. The van der Waals surface area contributed by atoms with Crippen LogP contribution in [0.15, 0.2) is 47.6 Å². The topological polar surface area (TPSA) is 87.9 Å². The van der Waals surface area contributed by atoms with E-state index in [9.17, 15) is 4.79 Å². The van der Waals surface area contributed by atoms with Gasteiger partial charge in [-0.15, -0.1) is 16.4 Å². The van der Waals surface area contributed by atoms with E-state index < -0.39 is 0 Å². The SMILES string of the molecule is Cc1ccc(CN(CCc2ccccc2)C(=O)CSc2n[nH]c(N)n2)s1. The van der Waals surface area contributed by atoms with Gasteiger partial charge in [0.1, 0.15) is 0 Å². The summed E-state index contributed by atoms with van der Waals surface area (Å²) in [6.07, 6.45) is 0.829. The molecule has 0 aliphatic rings. The number of thioether (sulfide) groups is 1. The Morgan fingerprint density at radius 2 is 2.08 bits per heavy atom. The van der Waals surface area contributed by atoms with Crippen molar-refractivity contribution in [2.45, 2.75) is 25.0 Å². The summed E-state index contributed by atoms with van der Waals surface area (Å²) >= 11 is 3.02. The van der Waals surface area contributed by atoms with E-state index in [4.69, 9.17) is 5.73 Å². The number of hydrogen-bond donors (Lipinski definition) is 2. The van der Waals surface area contributed by atoms with Gasteiger partial charge in [-0.1, -0.05) is 42.1 Å². The summed E-state index contributed by atoms with van der Waals surface area (Å²) in [7, 11) is 0. The number of anilines is 1. The maximum atomic E-state index is 12.8. The monoisotopic (exact) mass is 387 g/mol. The highest BCUT2D eigenvalue weighted by Gasteiger charge is 2.16. The first kappa shape index (κ1) is 18.5. The standard InChI is InChI=1S/C18H21N5OS2/c1-13-7-8-15(26-13)11-23(10-9-14-5-3-2-4-6-14)16(24)12-25-18-20-17(19)21-22-18/h2-8H,9-12H2,1H3,(H3,19,20,21,22). The summed E-state index contributed by atoms with van der Waals surface area (Å²) in [5.74, 6) is 0.617. The fourth-order valence-electron chi connectivity index (χ4n) is 2.50. The number of nitrogen functional groups attached to an aromatic ring is 1. The smallest absolute Gasteiger partial charge is 0.233 e. The van der Waals surface area contributed by atoms with E-state index >= 15 is 0 Å². The van der Waals surface area contributed by atoms with Gasteiger partial charge in [-0.25, -0.2) is 5.10 Å². The Labute approximate surface area is 160 Å². The summed E-state index contributed by atoms with van der Waals surface area (Å²) in [4.78, 5) is 21.1. The van der Waals surface area contributed by atoms with Crippen molar-refractivity contribution in [3.05, 3.63) is 57.8 Å². The molecule has 1 amide bonds. The molecule has 26 heavy (non-hydrogen) atoms. The van der Waals surface area contributed by atoms with E-state index in [1.54, 1.807) is 11.3 Å². The Bertz CT molecular complexity index is 846. The Hall–Kier alpha value is -2.32. The molecule has 3 rings (SSSR count). The number of amides is 1. The summed E-state index contributed by atoms with van der Waals surface area (Å²) in [6.45, 7) is 3.38. The normalized spacial score (nSPS) is 10.8. The van der Waals surface area contributed by atoms with E-state index in [0.29, 0.717) is 18.2 Å². The second-order valence-corrected chi connectivity index (χ2v) is 8.17. The third-order valence-electron chi connectivity index (χ3n) is 3.82. The first-order valence-electron chi connectivity index (χ1n) is 8.28. The van der Waals surface area contributed by atoms with Crippen molar-refractivity contribution in [2.75, 3.05) is 18.0 Å². The molecule has 0 atom stereocenters. The number of H-pyrrole nitrogens is 1. The van der Waals surface area contributed by atoms with Gasteiger partial charge in [0.25, 0.3) is 0 Å². The third kappa shape index (κ3) is 5.34. The molecule has 0 unspecified atom stereocenters. The van der Waals surface area contributed by atoms with Gasteiger partial charge < -0.3 is 10.6 Å². The molecule has 0 radical (unpaired) electrons. The van der Waals surface area contributed by atoms with Gasteiger partial charge in [0, 0.05) is 16.3 Å². The van der Waals surface area contributed by atoms with Gasteiger partial charge in [0.05, 0.1) is 12.3 Å². The number of aromatic amines is 1. The number of benzene rings is 1. The minimum Gasteiger partial charge on any atom is -0.368 e. The summed E-state index contributed by atoms with van der Waals surface area (Å²) in [5, 5.41) is 7.04. The van der Waals surface area contributed by atoms with Crippen LogP contribution in [0.3, 0.4) is 0 Å². The van der Waals surface area contributed by atoms with Gasteiger partial charge in [0.2, 0.25) is 17.0 Å². The number of nitrogens with two attached hydrogens (primary N) is 1. The van der Waals surface area contributed by atoms with Crippen molar-refractivity contribution < 1.29 is 4.79 Å². The molecular weight excluding hydrogens is 366 g/mol. The number of carbonyl (C=O) groups is 1. The number of thiophene rings is 1. The number of rotatable bonds is 8. The molecule has 8 heteroatoms. The summed E-state index contributed by atoms with van der Waals surface area (Å²) in [5.41, 5.74) is 6.75. The molecule has 3 aromatic rings. The number of aryl methyl sites for hydroxylation is 1. The lowest BCUT2D eigenvalue weighted by Gasteiger charge is -2.22. The molecule has 2 heterocycles.